The summed E-state index contributed by atoms with van der Waals surface area (Å²) in [6.45, 7) is 0.336. The molecule has 2 atom stereocenters. The number of carboxylic acids is 1. The van der Waals surface area contributed by atoms with Gasteiger partial charge in [-0.1, -0.05) is 91.0 Å². The van der Waals surface area contributed by atoms with Crippen molar-refractivity contribution in [2.75, 3.05) is 12.3 Å². The van der Waals surface area contributed by atoms with Crippen LogP contribution in [0.25, 0.3) is 0 Å². The first-order valence-electron chi connectivity index (χ1n) is 12.0. The van der Waals surface area contributed by atoms with E-state index < -0.39 is 29.5 Å². The predicted octanol–water partition coefficient (Wildman–Crippen LogP) is 2.70. The van der Waals surface area contributed by atoms with E-state index >= 15 is 0 Å². The number of carboxylic acid groups (broad SMARTS) is 1. The van der Waals surface area contributed by atoms with E-state index in [1.54, 1.807) is 0 Å². The molecule has 0 aromatic heterocycles. The van der Waals surface area contributed by atoms with Gasteiger partial charge in [-0.2, -0.15) is 12.6 Å². The van der Waals surface area contributed by atoms with E-state index in [1.807, 2.05) is 91.0 Å². The minimum Gasteiger partial charge on any atom is -0.480 e. The Morgan fingerprint density at radius 2 is 1.32 bits per heavy atom. The molecule has 0 radical (unpaired) electrons. The van der Waals surface area contributed by atoms with Gasteiger partial charge in [-0.05, 0) is 29.5 Å². The molecule has 7 N–H and O–H groups in total. The van der Waals surface area contributed by atoms with Crippen LogP contribution in [-0.2, 0) is 15.1 Å². The number of carbonyl (C=O) groups is 2. The monoisotopic (exact) mass is 519 g/mol. The Bertz CT molecular complexity index is 1070. The first kappa shape index (κ1) is 27.8. The first-order valence-corrected chi connectivity index (χ1v) is 12.7. The molecular formula is C28H33N5O3S. The molecule has 0 aliphatic carbocycles. The standard InChI is InChI=1S/C28H33N5O3S/c29-27(30)31-18-10-17-23(26(35)36)32-25(34)24(19-37)33-28(20-11-4-1-5-12-20,21-13-6-2-7-14-21)22-15-8-3-9-16-22/h1-9,11-16,23-24,33,37H,10,17-19H2,(H,32,34)(H,35,36)(H4,29,30,31)/t23-,24-/m0/s1. The van der Waals surface area contributed by atoms with Crippen molar-refractivity contribution in [3.63, 3.8) is 0 Å². The summed E-state index contributed by atoms with van der Waals surface area (Å²) in [6, 6.07) is 27.6. The molecule has 3 aromatic rings. The summed E-state index contributed by atoms with van der Waals surface area (Å²) in [6.07, 6.45) is 0.597. The summed E-state index contributed by atoms with van der Waals surface area (Å²) in [7, 11) is 0. The summed E-state index contributed by atoms with van der Waals surface area (Å²) in [5, 5.41) is 25.8. The lowest BCUT2D eigenvalue weighted by Gasteiger charge is -2.39. The number of carbonyl (C=O) groups excluding carboxylic acids is 1. The smallest absolute Gasteiger partial charge is 0.326 e. The van der Waals surface area contributed by atoms with Crippen LogP contribution in [0.5, 0.6) is 0 Å². The zero-order valence-electron chi connectivity index (χ0n) is 20.4. The molecule has 194 valence electrons. The Hall–Kier alpha value is -3.82. The number of hydrogen-bond acceptors (Lipinski definition) is 5. The van der Waals surface area contributed by atoms with E-state index in [4.69, 9.17) is 11.1 Å². The van der Waals surface area contributed by atoms with Gasteiger partial charge in [0, 0.05) is 12.3 Å². The Balaban J connectivity index is 1.96. The molecule has 0 saturated carbocycles. The summed E-state index contributed by atoms with van der Waals surface area (Å²) >= 11 is 4.47. The summed E-state index contributed by atoms with van der Waals surface area (Å²) in [5.74, 6) is -1.64. The minimum absolute atomic E-state index is 0.137. The number of nitrogens with one attached hydrogen (secondary N) is 4. The fraction of sp³-hybridized carbons (Fsp3) is 0.250. The van der Waals surface area contributed by atoms with Gasteiger partial charge >= 0.3 is 5.97 Å². The lowest BCUT2D eigenvalue weighted by atomic mass is 9.76. The molecule has 0 spiro atoms. The average Bonchev–Trinajstić information content (AvgIpc) is 2.92. The van der Waals surface area contributed by atoms with Crippen molar-refractivity contribution in [1.29, 1.82) is 5.41 Å². The fourth-order valence-corrected chi connectivity index (χ4v) is 4.59. The number of hydrogen-bond donors (Lipinski definition) is 7. The third kappa shape index (κ3) is 7.12. The summed E-state index contributed by atoms with van der Waals surface area (Å²) in [5.41, 5.74) is 7.16. The second-order valence-electron chi connectivity index (χ2n) is 8.61. The van der Waals surface area contributed by atoms with Crippen molar-refractivity contribution in [1.82, 2.24) is 16.0 Å². The van der Waals surface area contributed by atoms with Crippen molar-refractivity contribution in [2.24, 2.45) is 5.73 Å². The third-order valence-corrected chi connectivity index (χ3v) is 6.47. The van der Waals surface area contributed by atoms with Gasteiger partial charge in [0.1, 0.15) is 6.04 Å². The molecule has 37 heavy (non-hydrogen) atoms. The van der Waals surface area contributed by atoms with Crippen molar-refractivity contribution in [3.8, 4) is 0 Å². The molecular weight excluding hydrogens is 486 g/mol. The van der Waals surface area contributed by atoms with Crippen LogP contribution in [0.15, 0.2) is 91.0 Å². The Labute approximate surface area is 222 Å². The molecule has 0 saturated heterocycles. The van der Waals surface area contributed by atoms with Gasteiger partial charge in [0.25, 0.3) is 0 Å². The molecule has 0 aliphatic heterocycles. The Morgan fingerprint density at radius 1 is 0.865 bits per heavy atom. The second-order valence-corrected chi connectivity index (χ2v) is 8.97. The van der Waals surface area contributed by atoms with E-state index in [2.05, 4.69) is 28.6 Å². The van der Waals surface area contributed by atoms with Gasteiger partial charge in [0.15, 0.2) is 5.96 Å². The van der Waals surface area contributed by atoms with Crippen LogP contribution in [-0.4, -0.2) is 47.3 Å². The lowest BCUT2D eigenvalue weighted by molar-refractivity contribution is -0.142. The predicted molar refractivity (Wildman–Crippen MR) is 149 cm³/mol. The van der Waals surface area contributed by atoms with E-state index in [0.29, 0.717) is 13.0 Å². The van der Waals surface area contributed by atoms with Crippen molar-refractivity contribution in [2.45, 2.75) is 30.5 Å². The maximum absolute atomic E-state index is 13.4. The van der Waals surface area contributed by atoms with Crippen LogP contribution in [0, 0.1) is 5.41 Å². The maximum atomic E-state index is 13.4. The van der Waals surface area contributed by atoms with Crippen LogP contribution < -0.4 is 21.7 Å². The zero-order valence-corrected chi connectivity index (χ0v) is 21.3. The number of guanidine groups is 1. The number of aliphatic carboxylic acids is 1. The van der Waals surface area contributed by atoms with Gasteiger partial charge in [-0.25, -0.2) is 4.79 Å². The number of benzene rings is 3. The number of amides is 1. The zero-order chi connectivity index (χ0) is 26.7. The van der Waals surface area contributed by atoms with Crippen molar-refractivity contribution >= 4 is 30.5 Å². The summed E-state index contributed by atoms with van der Waals surface area (Å²) in [4.78, 5) is 25.3. The highest BCUT2D eigenvalue weighted by Crippen LogP contribution is 2.37. The molecule has 3 rings (SSSR count). The number of rotatable bonds is 13. The molecule has 0 bridgehead atoms. The SMILES string of the molecule is N=C(N)NCCC[C@H](NC(=O)[C@H](CS)NC(c1ccccc1)(c1ccccc1)c1ccccc1)C(=O)O. The van der Waals surface area contributed by atoms with Gasteiger partial charge in [0.05, 0.1) is 11.6 Å². The lowest BCUT2D eigenvalue weighted by Crippen LogP contribution is -2.58. The Kier molecular flexibility index (Phi) is 10.1. The van der Waals surface area contributed by atoms with Crippen LogP contribution >= 0.6 is 12.6 Å². The Morgan fingerprint density at radius 3 is 1.70 bits per heavy atom. The molecule has 9 heteroatoms. The van der Waals surface area contributed by atoms with Crippen molar-refractivity contribution in [3.05, 3.63) is 108 Å². The minimum atomic E-state index is -1.13. The number of nitrogens with two attached hydrogens (primary N) is 1. The largest absolute Gasteiger partial charge is 0.480 e. The van der Waals surface area contributed by atoms with Crippen LogP contribution in [0.4, 0.5) is 0 Å². The molecule has 0 fully saturated rings. The molecule has 0 aliphatic rings. The molecule has 0 unspecified atom stereocenters. The van der Waals surface area contributed by atoms with Crippen LogP contribution in [0.2, 0.25) is 0 Å². The van der Waals surface area contributed by atoms with Crippen LogP contribution in [0.1, 0.15) is 29.5 Å². The molecule has 8 nitrogen and oxygen atoms in total. The normalized spacial score (nSPS) is 12.8. The molecule has 3 aromatic carbocycles. The van der Waals surface area contributed by atoms with E-state index in [0.717, 1.165) is 16.7 Å². The van der Waals surface area contributed by atoms with Gasteiger partial charge in [0.2, 0.25) is 5.91 Å². The highest BCUT2D eigenvalue weighted by Gasteiger charge is 2.40. The topological polar surface area (TPSA) is 140 Å². The first-order chi connectivity index (χ1) is 17.9. The van der Waals surface area contributed by atoms with Crippen LogP contribution in [0.3, 0.4) is 0 Å². The highest BCUT2D eigenvalue weighted by molar-refractivity contribution is 7.80. The van der Waals surface area contributed by atoms with E-state index in [-0.39, 0.29) is 18.1 Å². The molecule has 0 heterocycles. The second kappa shape index (κ2) is 13.5. The number of thiol groups is 1. The quantitative estimate of drug-likeness (QED) is 0.0609. The van der Waals surface area contributed by atoms with Crippen molar-refractivity contribution < 1.29 is 14.7 Å². The van der Waals surface area contributed by atoms with E-state index in [1.165, 1.54) is 0 Å². The third-order valence-electron chi connectivity index (χ3n) is 6.11. The maximum Gasteiger partial charge on any atom is 0.326 e. The van der Waals surface area contributed by atoms with Gasteiger partial charge in [-0.15, -0.1) is 0 Å². The molecule has 1 amide bonds. The highest BCUT2D eigenvalue weighted by atomic mass is 32.1. The van der Waals surface area contributed by atoms with Gasteiger partial charge < -0.3 is 21.5 Å². The average molecular weight is 520 g/mol. The summed E-state index contributed by atoms with van der Waals surface area (Å²) < 4.78 is 0. The van der Waals surface area contributed by atoms with E-state index in [9.17, 15) is 14.7 Å². The van der Waals surface area contributed by atoms with Gasteiger partial charge in [-0.3, -0.25) is 15.5 Å². The fourth-order valence-electron chi connectivity index (χ4n) is 4.33.